The third kappa shape index (κ3) is 4.29. The lowest BCUT2D eigenvalue weighted by Crippen LogP contribution is -2.29. The van der Waals surface area contributed by atoms with Crippen LogP contribution >= 0.6 is 43.2 Å². The SMILES string of the molecule is C[C@@H](OC(=O)c1cc(Br)c(Br)s1)C(=O)Nc1ccc2ccccc2c1. The molecule has 0 fully saturated rings. The van der Waals surface area contributed by atoms with Crippen LogP contribution in [0.5, 0.6) is 0 Å². The molecule has 0 aliphatic carbocycles. The lowest BCUT2D eigenvalue weighted by Gasteiger charge is -2.13. The summed E-state index contributed by atoms with van der Waals surface area (Å²) < 4.78 is 6.82. The zero-order chi connectivity index (χ0) is 18.0. The molecule has 1 aromatic heterocycles. The number of benzene rings is 2. The fourth-order valence-corrected chi connectivity index (χ4v) is 4.15. The number of ether oxygens (including phenoxy) is 1. The standard InChI is InChI=1S/C18H13Br2NO3S/c1-10(24-18(23)15-9-14(19)16(20)25-15)17(22)21-13-7-6-11-4-2-3-5-12(11)8-13/h2-10H,1H3,(H,21,22)/t10-/m1/s1. The largest absolute Gasteiger partial charge is 0.448 e. The molecule has 0 radical (unpaired) electrons. The highest BCUT2D eigenvalue weighted by atomic mass is 79.9. The Morgan fingerprint density at radius 1 is 1.08 bits per heavy atom. The van der Waals surface area contributed by atoms with Gasteiger partial charge >= 0.3 is 5.97 Å². The van der Waals surface area contributed by atoms with Crippen LogP contribution in [0.25, 0.3) is 10.8 Å². The molecule has 1 N–H and O–H groups in total. The highest BCUT2D eigenvalue weighted by Crippen LogP contribution is 2.32. The van der Waals surface area contributed by atoms with Gasteiger partial charge in [-0.3, -0.25) is 4.79 Å². The second kappa shape index (κ2) is 7.68. The first-order chi connectivity index (χ1) is 11.9. The Balaban J connectivity index is 1.66. The number of hydrogen-bond donors (Lipinski definition) is 1. The third-order valence-corrected chi connectivity index (χ3v) is 6.75. The molecular weight excluding hydrogens is 470 g/mol. The highest BCUT2D eigenvalue weighted by Gasteiger charge is 2.21. The number of amides is 1. The number of anilines is 1. The Morgan fingerprint density at radius 2 is 1.80 bits per heavy atom. The van der Waals surface area contributed by atoms with Gasteiger partial charge < -0.3 is 10.1 Å². The van der Waals surface area contributed by atoms with Crippen LogP contribution in [0.15, 0.2) is 56.8 Å². The smallest absolute Gasteiger partial charge is 0.349 e. The van der Waals surface area contributed by atoms with Crippen LogP contribution in [0.1, 0.15) is 16.6 Å². The van der Waals surface area contributed by atoms with E-state index in [1.165, 1.54) is 11.3 Å². The van der Waals surface area contributed by atoms with Crippen molar-refractivity contribution in [3.05, 3.63) is 61.7 Å². The van der Waals surface area contributed by atoms with Crippen LogP contribution in [-0.2, 0) is 9.53 Å². The lowest BCUT2D eigenvalue weighted by atomic mass is 10.1. The molecule has 3 aromatic rings. The van der Waals surface area contributed by atoms with Gasteiger partial charge in [-0.2, -0.15) is 0 Å². The molecule has 4 nitrogen and oxygen atoms in total. The Hall–Kier alpha value is -1.70. The van der Waals surface area contributed by atoms with Crippen molar-refractivity contribution >= 4 is 71.5 Å². The third-order valence-electron chi connectivity index (χ3n) is 3.52. The normalized spacial score (nSPS) is 12.0. The van der Waals surface area contributed by atoms with E-state index in [1.54, 1.807) is 13.0 Å². The molecule has 1 amide bonds. The van der Waals surface area contributed by atoms with Crippen LogP contribution in [0.2, 0.25) is 0 Å². The van der Waals surface area contributed by atoms with E-state index in [-0.39, 0.29) is 5.91 Å². The van der Waals surface area contributed by atoms with Crippen molar-refractivity contribution in [2.45, 2.75) is 13.0 Å². The van der Waals surface area contributed by atoms with E-state index < -0.39 is 12.1 Å². The molecule has 25 heavy (non-hydrogen) atoms. The van der Waals surface area contributed by atoms with E-state index in [4.69, 9.17) is 4.74 Å². The highest BCUT2D eigenvalue weighted by molar-refractivity contribution is 9.13. The molecule has 0 aliphatic rings. The fourth-order valence-electron chi connectivity index (χ4n) is 2.23. The van der Waals surface area contributed by atoms with E-state index in [2.05, 4.69) is 37.2 Å². The summed E-state index contributed by atoms with van der Waals surface area (Å²) in [7, 11) is 0. The first kappa shape index (κ1) is 18.1. The summed E-state index contributed by atoms with van der Waals surface area (Å²) in [6, 6.07) is 15.2. The van der Waals surface area contributed by atoms with Crippen molar-refractivity contribution in [2.75, 3.05) is 5.32 Å². The monoisotopic (exact) mass is 481 g/mol. The number of thiophene rings is 1. The molecule has 1 atom stereocenters. The van der Waals surface area contributed by atoms with Crippen molar-refractivity contribution in [3.63, 3.8) is 0 Å². The van der Waals surface area contributed by atoms with E-state index in [0.29, 0.717) is 10.6 Å². The van der Waals surface area contributed by atoms with E-state index in [1.807, 2.05) is 42.5 Å². The molecule has 2 aromatic carbocycles. The Morgan fingerprint density at radius 3 is 2.48 bits per heavy atom. The molecule has 0 saturated carbocycles. The molecule has 128 valence electrons. The summed E-state index contributed by atoms with van der Waals surface area (Å²) in [5.74, 6) is -0.907. The molecule has 0 bridgehead atoms. The van der Waals surface area contributed by atoms with Gasteiger partial charge in [0.05, 0.1) is 3.79 Å². The summed E-state index contributed by atoms with van der Waals surface area (Å²) in [5, 5.41) is 4.89. The van der Waals surface area contributed by atoms with Gasteiger partial charge in [0.15, 0.2) is 6.10 Å². The summed E-state index contributed by atoms with van der Waals surface area (Å²) in [6.45, 7) is 1.55. The van der Waals surface area contributed by atoms with Crippen LogP contribution in [0, 0.1) is 0 Å². The molecule has 0 saturated heterocycles. The van der Waals surface area contributed by atoms with Gasteiger partial charge in [-0.15, -0.1) is 11.3 Å². The second-order valence-electron chi connectivity index (χ2n) is 5.33. The Kier molecular flexibility index (Phi) is 5.56. The van der Waals surface area contributed by atoms with E-state index in [0.717, 1.165) is 19.0 Å². The summed E-state index contributed by atoms with van der Waals surface area (Å²) in [5.41, 5.74) is 0.660. The Labute approximate surface area is 165 Å². The predicted molar refractivity (Wildman–Crippen MR) is 107 cm³/mol. The number of carbonyl (C=O) groups is 2. The van der Waals surface area contributed by atoms with Crippen molar-refractivity contribution in [1.29, 1.82) is 0 Å². The van der Waals surface area contributed by atoms with Crippen molar-refractivity contribution in [1.82, 2.24) is 0 Å². The maximum absolute atomic E-state index is 12.3. The Bertz CT molecular complexity index is 935. The predicted octanol–water partition coefficient (Wildman–Crippen LogP) is 5.61. The van der Waals surface area contributed by atoms with Gasteiger partial charge in [0.1, 0.15) is 4.88 Å². The average molecular weight is 483 g/mol. The summed E-state index contributed by atoms with van der Waals surface area (Å²) in [4.78, 5) is 24.8. The van der Waals surface area contributed by atoms with E-state index in [9.17, 15) is 9.59 Å². The van der Waals surface area contributed by atoms with Crippen LogP contribution in [0.4, 0.5) is 5.69 Å². The topological polar surface area (TPSA) is 55.4 Å². The number of carbonyl (C=O) groups excluding carboxylic acids is 2. The number of fused-ring (bicyclic) bond motifs is 1. The first-order valence-corrected chi connectivity index (χ1v) is 9.80. The second-order valence-corrected chi connectivity index (χ2v) is 8.56. The van der Waals surface area contributed by atoms with Gasteiger partial charge in [0.2, 0.25) is 0 Å². The number of rotatable bonds is 4. The van der Waals surface area contributed by atoms with Crippen LogP contribution < -0.4 is 5.32 Å². The van der Waals surface area contributed by atoms with Gasteiger partial charge in [-0.25, -0.2) is 4.79 Å². The number of hydrogen-bond acceptors (Lipinski definition) is 4. The molecule has 0 aliphatic heterocycles. The van der Waals surface area contributed by atoms with E-state index >= 15 is 0 Å². The number of nitrogens with one attached hydrogen (secondary N) is 1. The van der Waals surface area contributed by atoms with Gasteiger partial charge in [0, 0.05) is 10.2 Å². The van der Waals surface area contributed by atoms with Crippen LogP contribution in [-0.4, -0.2) is 18.0 Å². The summed E-state index contributed by atoms with van der Waals surface area (Å²) in [6.07, 6.45) is -0.904. The number of esters is 1. The molecule has 0 unspecified atom stereocenters. The summed E-state index contributed by atoms with van der Waals surface area (Å²) >= 11 is 7.89. The molecule has 1 heterocycles. The van der Waals surface area contributed by atoms with Crippen molar-refractivity contribution < 1.29 is 14.3 Å². The van der Waals surface area contributed by atoms with Gasteiger partial charge in [0.25, 0.3) is 5.91 Å². The van der Waals surface area contributed by atoms with Crippen molar-refractivity contribution in [2.24, 2.45) is 0 Å². The maximum Gasteiger partial charge on any atom is 0.349 e. The zero-order valence-electron chi connectivity index (χ0n) is 13.1. The van der Waals surface area contributed by atoms with Crippen LogP contribution in [0.3, 0.4) is 0 Å². The lowest BCUT2D eigenvalue weighted by molar-refractivity contribution is -0.123. The van der Waals surface area contributed by atoms with Crippen molar-refractivity contribution in [3.8, 4) is 0 Å². The zero-order valence-corrected chi connectivity index (χ0v) is 17.1. The molecule has 0 spiro atoms. The first-order valence-electron chi connectivity index (χ1n) is 7.39. The number of halogens is 2. The minimum absolute atomic E-state index is 0.377. The minimum Gasteiger partial charge on any atom is -0.448 e. The fraction of sp³-hybridized carbons (Fsp3) is 0.111. The molecular formula is C18H13Br2NO3S. The maximum atomic E-state index is 12.3. The van der Waals surface area contributed by atoms with Gasteiger partial charge in [-0.05, 0) is 67.8 Å². The van der Waals surface area contributed by atoms with Gasteiger partial charge in [-0.1, -0.05) is 30.3 Å². The molecule has 3 rings (SSSR count). The average Bonchev–Trinajstić information content (AvgIpc) is 2.94. The molecule has 7 heteroatoms. The minimum atomic E-state index is -0.904. The quantitative estimate of drug-likeness (QED) is 0.491.